The zero-order valence-electron chi connectivity index (χ0n) is 9.20. The molecule has 1 fully saturated rings. The molecule has 3 nitrogen and oxygen atoms in total. The Balaban J connectivity index is 2.24. The Labute approximate surface area is 90.4 Å². The molecule has 1 aliphatic rings. The van der Waals surface area contributed by atoms with Crippen LogP contribution in [0.15, 0.2) is 12.3 Å². The Morgan fingerprint density at radius 2 is 2.40 bits per heavy atom. The molecule has 78 valence electrons. The zero-order valence-corrected chi connectivity index (χ0v) is 9.20. The fourth-order valence-electron chi connectivity index (χ4n) is 1.97. The lowest BCUT2D eigenvalue weighted by Gasteiger charge is -2.17. The Hall–Kier alpha value is -1.56. The van der Waals surface area contributed by atoms with Gasteiger partial charge in [0.25, 0.3) is 0 Å². The number of anilines is 1. The van der Waals surface area contributed by atoms with E-state index in [1.165, 1.54) is 6.42 Å². The van der Waals surface area contributed by atoms with Crippen LogP contribution in [0.5, 0.6) is 0 Å². The summed E-state index contributed by atoms with van der Waals surface area (Å²) < 4.78 is 0. The number of aromatic nitrogens is 1. The number of pyridine rings is 1. The minimum Gasteiger partial charge on any atom is -0.356 e. The van der Waals surface area contributed by atoms with Crippen LogP contribution in [0.1, 0.15) is 24.5 Å². The van der Waals surface area contributed by atoms with E-state index in [1.807, 2.05) is 13.0 Å². The SMILES string of the molecule is Cc1cc(N2CCC(C)C2)ncc1C#N. The number of rotatable bonds is 1. The molecule has 1 unspecified atom stereocenters. The van der Waals surface area contributed by atoms with Crippen molar-refractivity contribution in [2.24, 2.45) is 5.92 Å². The third kappa shape index (κ3) is 1.94. The number of aryl methyl sites for hydroxylation is 1. The summed E-state index contributed by atoms with van der Waals surface area (Å²) in [5, 5.41) is 8.81. The van der Waals surface area contributed by atoms with E-state index < -0.39 is 0 Å². The summed E-state index contributed by atoms with van der Waals surface area (Å²) in [6, 6.07) is 4.15. The molecule has 0 bridgehead atoms. The fraction of sp³-hybridized carbons (Fsp3) is 0.500. The number of hydrogen-bond donors (Lipinski definition) is 0. The van der Waals surface area contributed by atoms with Crippen LogP contribution in [-0.4, -0.2) is 18.1 Å². The second kappa shape index (κ2) is 3.90. The molecule has 0 N–H and O–H groups in total. The van der Waals surface area contributed by atoms with Crippen molar-refractivity contribution in [3.63, 3.8) is 0 Å². The highest BCUT2D eigenvalue weighted by Crippen LogP contribution is 2.22. The predicted molar refractivity (Wildman–Crippen MR) is 59.7 cm³/mol. The lowest BCUT2D eigenvalue weighted by molar-refractivity contribution is 0.659. The van der Waals surface area contributed by atoms with Crippen LogP contribution < -0.4 is 4.90 Å². The third-order valence-electron chi connectivity index (χ3n) is 2.96. The van der Waals surface area contributed by atoms with E-state index in [2.05, 4.69) is 22.9 Å². The lowest BCUT2D eigenvalue weighted by Crippen LogP contribution is -2.20. The van der Waals surface area contributed by atoms with Crippen molar-refractivity contribution < 1.29 is 0 Å². The van der Waals surface area contributed by atoms with Gasteiger partial charge in [0.05, 0.1) is 5.56 Å². The van der Waals surface area contributed by atoms with Crippen molar-refractivity contribution in [3.05, 3.63) is 23.4 Å². The summed E-state index contributed by atoms with van der Waals surface area (Å²) in [5.41, 5.74) is 1.69. The largest absolute Gasteiger partial charge is 0.356 e. The smallest absolute Gasteiger partial charge is 0.128 e. The van der Waals surface area contributed by atoms with E-state index >= 15 is 0 Å². The van der Waals surface area contributed by atoms with E-state index in [0.717, 1.165) is 30.4 Å². The van der Waals surface area contributed by atoms with Crippen LogP contribution in [0.25, 0.3) is 0 Å². The minimum absolute atomic E-state index is 0.672. The van der Waals surface area contributed by atoms with E-state index in [4.69, 9.17) is 5.26 Å². The van der Waals surface area contributed by atoms with E-state index in [0.29, 0.717) is 5.56 Å². The molecule has 1 saturated heterocycles. The molecule has 15 heavy (non-hydrogen) atoms. The van der Waals surface area contributed by atoms with Crippen molar-refractivity contribution >= 4 is 5.82 Å². The standard InChI is InChI=1S/C12H15N3/c1-9-3-4-15(8-9)12-5-10(2)11(6-13)7-14-12/h5,7,9H,3-4,8H2,1-2H3. The molecule has 1 aromatic heterocycles. The van der Waals surface area contributed by atoms with Crippen molar-refractivity contribution in [1.82, 2.24) is 4.98 Å². The summed E-state index contributed by atoms with van der Waals surface area (Å²) in [6.07, 6.45) is 2.91. The molecule has 0 amide bonds. The van der Waals surface area contributed by atoms with Gasteiger partial charge in [-0.2, -0.15) is 5.26 Å². The molecule has 0 saturated carbocycles. The third-order valence-corrected chi connectivity index (χ3v) is 2.96. The van der Waals surface area contributed by atoms with Gasteiger partial charge in [-0.1, -0.05) is 6.92 Å². The molecule has 3 heteroatoms. The van der Waals surface area contributed by atoms with Gasteiger partial charge in [-0.3, -0.25) is 0 Å². The van der Waals surface area contributed by atoms with Crippen LogP contribution in [0.3, 0.4) is 0 Å². The minimum atomic E-state index is 0.672. The monoisotopic (exact) mass is 201 g/mol. The molecule has 1 aliphatic heterocycles. The Morgan fingerprint density at radius 3 is 2.93 bits per heavy atom. The Kier molecular flexibility index (Phi) is 2.59. The van der Waals surface area contributed by atoms with Gasteiger partial charge in [0.15, 0.2) is 0 Å². The maximum atomic E-state index is 8.81. The molecule has 1 atom stereocenters. The summed E-state index contributed by atoms with van der Waals surface area (Å²) in [7, 11) is 0. The second-order valence-electron chi connectivity index (χ2n) is 4.31. The predicted octanol–water partition coefficient (Wildman–Crippen LogP) is 2.11. The molecule has 2 rings (SSSR count). The van der Waals surface area contributed by atoms with Gasteiger partial charge < -0.3 is 4.90 Å². The van der Waals surface area contributed by atoms with Crippen LogP contribution in [0.4, 0.5) is 5.82 Å². The van der Waals surface area contributed by atoms with Crippen LogP contribution >= 0.6 is 0 Å². The molecular formula is C12H15N3. The first-order chi connectivity index (χ1) is 7.20. The van der Waals surface area contributed by atoms with Gasteiger partial charge in [-0.15, -0.1) is 0 Å². The van der Waals surface area contributed by atoms with Crippen LogP contribution in [0, 0.1) is 24.2 Å². The van der Waals surface area contributed by atoms with Crippen LogP contribution in [0.2, 0.25) is 0 Å². The van der Waals surface area contributed by atoms with Crippen molar-refractivity contribution in [2.45, 2.75) is 20.3 Å². The van der Waals surface area contributed by atoms with E-state index in [9.17, 15) is 0 Å². The van der Waals surface area contributed by atoms with Gasteiger partial charge in [-0.25, -0.2) is 4.98 Å². The highest BCUT2D eigenvalue weighted by atomic mass is 15.2. The highest BCUT2D eigenvalue weighted by molar-refractivity contribution is 5.47. The molecule has 1 aromatic rings. The topological polar surface area (TPSA) is 39.9 Å². The maximum Gasteiger partial charge on any atom is 0.128 e. The van der Waals surface area contributed by atoms with Gasteiger partial charge in [0, 0.05) is 19.3 Å². The van der Waals surface area contributed by atoms with E-state index in [-0.39, 0.29) is 0 Å². The summed E-state index contributed by atoms with van der Waals surface area (Å²) in [5.74, 6) is 1.76. The normalized spacial score (nSPS) is 20.3. The van der Waals surface area contributed by atoms with Gasteiger partial charge in [0.2, 0.25) is 0 Å². The zero-order chi connectivity index (χ0) is 10.8. The first-order valence-corrected chi connectivity index (χ1v) is 5.32. The van der Waals surface area contributed by atoms with E-state index in [1.54, 1.807) is 6.20 Å². The first kappa shape index (κ1) is 9.97. The average molecular weight is 201 g/mol. The summed E-state index contributed by atoms with van der Waals surface area (Å²) >= 11 is 0. The maximum absolute atomic E-state index is 8.81. The molecule has 0 spiro atoms. The summed E-state index contributed by atoms with van der Waals surface area (Å²) in [6.45, 7) is 6.39. The highest BCUT2D eigenvalue weighted by Gasteiger charge is 2.19. The van der Waals surface area contributed by atoms with Crippen molar-refractivity contribution in [1.29, 1.82) is 5.26 Å². The summed E-state index contributed by atoms with van der Waals surface area (Å²) in [4.78, 5) is 6.62. The average Bonchev–Trinajstić information content (AvgIpc) is 2.65. The quantitative estimate of drug-likeness (QED) is 0.698. The number of nitrogens with zero attached hydrogens (tertiary/aromatic N) is 3. The van der Waals surface area contributed by atoms with Gasteiger partial charge in [-0.05, 0) is 30.9 Å². The van der Waals surface area contributed by atoms with Crippen LogP contribution in [-0.2, 0) is 0 Å². The van der Waals surface area contributed by atoms with Gasteiger partial charge in [0.1, 0.15) is 11.9 Å². The molecule has 2 heterocycles. The van der Waals surface area contributed by atoms with Crippen molar-refractivity contribution in [2.75, 3.05) is 18.0 Å². The number of nitriles is 1. The fourth-order valence-corrected chi connectivity index (χ4v) is 1.97. The first-order valence-electron chi connectivity index (χ1n) is 5.32. The van der Waals surface area contributed by atoms with Gasteiger partial charge >= 0.3 is 0 Å². The second-order valence-corrected chi connectivity index (χ2v) is 4.31. The number of hydrogen-bond acceptors (Lipinski definition) is 3. The van der Waals surface area contributed by atoms with Crippen molar-refractivity contribution in [3.8, 4) is 6.07 Å². The Morgan fingerprint density at radius 1 is 1.60 bits per heavy atom. The molecule has 0 aliphatic carbocycles. The Bertz CT molecular complexity index is 406. The lowest BCUT2D eigenvalue weighted by atomic mass is 10.2. The molecule has 0 aromatic carbocycles. The molecular weight excluding hydrogens is 186 g/mol. The molecule has 0 radical (unpaired) electrons.